The van der Waals surface area contributed by atoms with E-state index >= 15 is 0 Å². The number of aromatic nitrogens is 2. The molecule has 0 unspecified atom stereocenters. The zero-order chi connectivity index (χ0) is 14.9. The number of piperidine rings is 1. The smallest absolute Gasteiger partial charge is 0.274 e. The molecule has 110 valence electrons. The molecular weight excluding hydrogens is 262 g/mol. The molecule has 2 aromatic rings. The van der Waals surface area contributed by atoms with Gasteiger partial charge in [-0.25, -0.2) is 4.98 Å². The Hall–Kier alpha value is -2.10. The quantitative estimate of drug-likeness (QED) is 0.849. The summed E-state index contributed by atoms with van der Waals surface area (Å²) in [6, 6.07) is 10.5. The second-order valence-corrected chi connectivity index (χ2v) is 6.18. The number of carbonyl (C=O) groups excluding carboxylic acids is 1. The fourth-order valence-corrected chi connectivity index (χ4v) is 3.17. The van der Waals surface area contributed by atoms with Crippen molar-refractivity contribution in [2.45, 2.75) is 25.2 Å². The third-order valence-electron chi connectivity index (χ3n) is 4.38. The van der Waals surface area contributed by atoms with Gasteiger partial charge in [-0.3, -0.25) is 4.79 Å². The number of hydrogen-bond acceptors (Lipinski definition) is 2. The molecule has 1 aromatic heterocycles. The van der Waals surface area contributed by atoms with Crippen LogP contribution in [0.3, 0.4) is 0 Å². The first-order valence-electron chi connectivity index (χ1n) is 7.41. The molecule has 0 radical (unpaired) electrons. The van der Waals surface area contributed by atoms with E-state index in [1.54, 1.807) is 12.5 Å². The first-order chi connectivity index (χ1) is 10.1. The molecule has 1 atom stereocenters. The Balaban J connectivity index is 1.81. The average molecular weight is 283 g/mol. The van der Waals surface area contributed by atoms with Crippen molar-refractivity contribution in [3.8, 4) is 0 Å². The molecule has 0 aliphatic carbocycles. The van der Waals surface area contributed by atoms with Gasteiger partial charge >= 0.3 is 0 Å². The van der Waals surface area contributed by atoms with E-state index in [2.05, 4.69) is 36.2 Å². The van der Waals surface area contributed by atoms with Gasteiger partial charge in [0.15, 0.2) is 0 Å². The number of imidazole rings is 1. The van der Waals surface area contributed by atoms with Crippen molar-refractivity contribution in [2.24, 2.45) is 7.05 Å². The lowest BCUT2D eigenvalue weighted by Crippen LogP contribution is -2.47. The minimum Gasteiger partial charge on any atom is -0.340 e. The van der Waals surface area contributed by atoms with E-state index in [1.165, 1.54) is 5.56 Å². The van der Waals surface area contributed by atoms with Crippen LogP contribution in [0.5, 0.6) is 0 Å². The Morgan fingerprint density at radius 2 is 2.05 bits per heavy atom. The monoisotopic (exact) mass is 283 g/mol. The van der Waals surface area contributed by atoms with Gasteiger partial charge in [0.25, 0.3) is 5.91 Å². The van der Waals surface area contributed by atoms with Crippen molar-refractivity contribution in [3.05, 3.63) is 54.1 Å². The molecule has 0 saturated carbocycles. The van der Waals surface area contributed by atoms with Gasteiger partial charge in [-0.15, -0.1) is 0 Å². The van der Waals surface area contributed by atoms with E-state index < -0.39 is 0 Å². The van der Waals surface area contributed by atoms with Gasteiger partial charge in [-0.1, -0.05) is 37.3 Å². The molecule has 1 aromatic carbocycles. The Kier molecular flexibility index (Phi) is 3.53. The maximum atomic E-state index is 12.6. The Labute approximate surface area is 125 Å². The maximum Gasteiger partial charge on any atom is 0.274 e. The fourth-order valence-electron chi connectivity index (χ4n) is 3.17. The number of nitrogens with zero attached hydrogens (tertiary/aromatic N) is 3. The summed E-state index contributed by atoms with van der Waals surface area (Å²) >= 11 is 0. The molecule has 4 nitrogen and oxygen atoms in total. The van der Waals surface area contributed by atoms with Gasteiger partial charge in [-0.2, -0.15) is 0 Å². The molecule has 1 saturated heterocycles. The molecule has 0 spiro atoms. The summed E-state index contributed by atoms with van der Waals surface area (Å²) in [7, 11) is 1.88. The highest BCUT2D eigenvalue weighted by Crippen LogP contribution is 2.33. The average Bonchev–Trinajstić information content (AvgIpc) is 2.94. The SMILES string of the molecule is Cn1cnc(C(=O)N2CCC[C@@](C)(c3ccccc3)C2)c1. The van der Waals surface area contributed by atoms with Crippen molar-refractivity contribution in [2.75, 3.05) is 13.1 Å². The van der Waals surface area contributed by atoms with Gasteiger partial charge in [0, 0.05) is 31.7 Å². The topological polar surface area (TPSA) is 38.1 Å². The Bertz CT molecular complexity index is 634. The number of aryl methyl sites for hydroxylation is 1. The van der Waals surface area contributed by atoms with Crippen LogP contribution in [0.1, 0.15) is 35.8 Å². The first-order valence-corrected chi connectivity index (χ1v) is 7.41. The van der Waals surface area contributed by atoms with Crippen molar-refractivity contribution in [1.82, 2.24) is 14.5 Å². The third kappa shape index (κ3) is 2.71. The van der Waals surface area contributed by atoms with Crippen molar-refractivity contribution < 1.29 is 4.79 Å². The summed E-state index contributed by atoms with van der Waals surface area (Å²) < 4.78 is 1.81. The van der Waals surface area contributed by atoms with Gasteiger partial charge < -0.3 is 9.47 Å². The Morgan fingerprint density at radius 1 is 1.29 bits per heavy atom. The highest BCUT2D eigenvalue weighted by atomic mass is 16.2. The van der Waals surface area contributed by atoms with Crippen LogP contribution in [0.2, 0.25) is 0 Å². The predicted molar refractivity (Wildman–Crippen MR) is 82.1 cm³/mol. The van der Waals surface area contributed by atoms with E-state index in [4.69, 9.17) is 0 Å². The van der Waals surface area contributed by atoms with Crippen molar-refractivity contribution in [1.29, 1.82) is 0 Å². The number of benzene rings is 1. The zero-order valence-corrected chi connectivity index (χ0v) is 12.6. The van der Waals surface area contributed by atoms with E-state index in [1.807, 2.05) is 22.6 Å². The lowest BCUT2D eigenvalue weighted by Gasteiger charge is -2.40. The number of rotatable bonds is 2. The molecule has 2 heterocycles. The van der Waals surface area contributed by atoms with E-state index in [0.29, 0.717) is 5.69 Å². The molecule has 1 amide bonds. The number of hydrogen-bond donors (Lipinski definition) is 0. The second kappa shape index (κ2) is 5.35. The normalized spacial score (nSPS) is 22.3. The largest absolute Gasteiger partial charge is 0.340 e. The van der Waals surface area contributed by atoms with Crippen LogP contribution in [0.15, 0.2) is 42.9 Å². The van der Waals surface area contributed by atoms with Gasteiger partial charge in [-0.05, 0) is 18.4 Å². The van der Waals surface area contributed by atoms with Crippen LogP contribution in [0, 0.1) is 0 Å². The first kappa shape index (κ1) is 13.9. The van der Waals surface area contributed by atoms with Crippen molar-refractivity contribution in [3.63, 3.8) is 0 Å². The van der Waals surface area contributed by atoms with Gasteiger partial charge in [0.1, 0.15) is 5.69 Å². The Morgan fingerprint density at radius 3 is 2.71 bits per heavy atom. The van der Waals surface area contributed by atoms with Crippen LogP contribution in [0.25, 0.3) is 0 Å². The third-order valence-corrected chi connectivity index (χ3v) is 4.38. The number of likely N-dealkylation sites (tertiary alicyclic amines) is 1. The van der Waals surface area contributed by atoms with Crippen LogP contribution in [-0.4, -0.2) is 33.4 Å². The maximum absolute atomic E-state index is 12.6. The lowest BCUT2D eigenvalue weighted by molar-refractivity contribution is 0.0645. The van der Waals surface area contributed by atoms with Crippen LogP contribution in [0.4, 0.5) is 0 Å². The molecule has 1 aliphatic heterocycles. The van der Waals surface area contributed by atoms with Crippen LogP contribution >= 0.6 is 0 Å². The molecule has 0 N–H and O–H groups in total. The second-order valence-electron chi connectivity index (χ2n) is 6.18. The van der Waals surface area contributed by atoms with Crippen LogP contribution < -0.4 is 0 Å². The van der Waals surface area contributed by atoms with Crippen LogP contribution in [-0.2, 0) is 12.5 Å². The lowest BCUT2D eigenvalue weighted by atomic mass is 9.76. The molecule has 1 aliphatic rings. The summed E-state index contributed by atoms with van der Waals surface area (Å²) in [6.07, 6.45) is 5.61. The van der Waals surface area contributed by atoms with E-state index in [-0.39, 0.29) is 11.3 Å². The highest BCUT2D eigenvalue weighted by Gasteiger charge is 2.35. The minimum absolute atomic E-state index is 0.0317. The van der Waals surface area contributed by atoms with Gasteiger partial charge in [0.05, 0.1) is 6.33 Å². The standard InChI is InChI=1S/C17H21N3O/c1-17(14-7-4-3-5-8-14)9-6-10-20(12-17)16(21)15-11-19(2)13-18-15/h3-5,7-8,11,13H,6,9-10,12H2,1-2H3/t17-/m1/s1. The number of carbonyl (C=O) groups is 1. The molecule has 3 rings (SSSR count). The predicted octanol–water partition coefficient (Wildman–Crippen LogP) is 2.61. The summed E-state index contributed by atoms with van der Waals surface area (Å²) in [5.74, 6) is 0.0393. The van der Waals surface area contributed by atoms with Gasteiger partial charge in [0.2, 0.25) is 0 Å². The molecule has 21 heavy (non-hydrogen) atoms. The summed E-state index contributed by atoms with van der Waals surface area (Å²) in [5.41, 5.74) is 1.88. The summed E-state index contributed by atoms with van der Waals surface area (Å²) in [5, 5.41) is 0. The molecule has 1 fully saturated rings. The van der Waals surface area contributed by atoms with E-state index in [0.717, 1.165) is 25.9 Å². The zero-order valence-electron chi connectivity index (χ0n) is 12.6. The minimum atomic E-state index is 0.0317. The van der Waals surface area contributed by atoms with Crippen molar-refractivity contribution >= 4 is 5.91 Å². The highest BCUT2D eigenvalue weighted by molar-refractivity contribution is 5.92. The van der Waals surface area contributed by atoms with E-state index in [9.17, 15) is 4.79 Å². The molecular formula is C17H21N3O. The number of amides is 1. The molecule has 0 bridgehead atoms. The summed E-state index contributed by atoms with van der Waals surface area (Å²) in [4.78, 5) is 18.7. The fraction of sp³-hybridized carbons (Fsp3) is 0.412. The molecule has 4 heteroatoms. The summed E-state index contributed by atoms with van der Waals surface area (Å²) in [6.45, 7) is 3.82.